The van der Waals surface area contributed by atoms with Crippen LogP contribution in [0, 0.1) is 17.3 Å². The van der Waals surface area contributed by atoms with Crippen molar-refractivity contribution in [2.24, 2.45) is 5.41 Å². The maximum Gasteiger partial charge on any atom is 0.208 e. The van der Waals surface area contributed by atoms with Crippen molar-refractivity contribution < 1.29 is 13.2 Å². The first-order valence-corrected chi connectivity index (χ1v) is 7.32. The van der Waals surface area contributed by atoms with Gasteiger partial charge in [0.15, 0.2) is 6.10 Å². The molecule has 18 heavy (non-hydrogen) atoms. The molecule has 1 aliphatic rings. The van der Waals surface area contributed by atoms with E-state index < -0.39 is 21.4 Å². The van der Waals surface area contributed by atoms with Crippen LogP contribution in [0.1, 0.15) is 20.8 Å². The van der Waals surface area contributed by atoms with Gasteiger partial charge in [-0.3, -0.25) is 0 Å². The molecule has 0 radical (unpaired) electrons. The zero-order valence-corrected chi connectivity index (χ0v) is 11.5. The van der Waals surface area contributed by atoms with E-state index in [0.717, 1.165) is 0 Å². The number of hydrogen-bond donors (Lipinski definition) is 0. The molecule has 4 heteroatoms. The highest BCUT2D eigenvalue weighted by atomic mass is 32.2. The first-order valence-electron chi connectivity index (χ1n) is 5.78. The third kappa shape index (κ3) is 2.92. The summed E-state index contributed by atoms with van der Waals surface area (Å²) >= 11 is 0. The summed E-state index contributed by atoms with van der Waals surface area (Å²) in [4.78, 5) is 0.287. The van der Waals surface area contributed by atoms with Crippen molar-refractivity contribution in [3.63, 3.8) is 0 Å². The summed E-state index contributed by atoms with van der Waals surface area (Å²) in [5.74, 6) is 5.87. The fourth-order valence-electron chi connectivity index (χ4n) is 1.47. The molecule has 0 bridgehead atoms. The van der Waals surface area contributed by atoms with E-state index in [1.54, 1.807) is 30.3 Å². The van der Waals surface area contributed by atoms with Crippen LogP contribution in [0.4, 0.5) is 0 Å². The van der Waals surface area contributed by atoms with E-state index in [2.05, 4.69) is 11.8 Å². The summed E-state index contributed by atoms with van der Waals surface area (Å²) in [6.07, 6.45) is -0.491. The summed E-state index contributed by atoms with van der Waals surface area (Å²) in [5, 5.41) is 0. The molecule has 96 valence electrons. The first kappa shape index (κ1) is 13.1. The fraction of sp³-hybridized carbons (Fsp3) is 0.429. The van der Waals surface area contributed by atoms with E-state index in [4.69, 9.17) is 4.74 Å². The highest BCUT2D eigenvalue weighted by Gasteiger charge is 2.49. The Kier molecular flexibility index (Phi) is 3.22. The Morgan fingerprint density at radius 1 is 1.17 bits per heavy atom. The van der Waals surface area contributed by atoms with Gasteiger partial charge in [-0.2, -0.15) is 0 Å². The first-order chi connectivity index (χ1) is 8.31. The van der Waals surface area contributed by atoms with Crippen molar-refractivity contribution in [2.75, 3.05) is 0 Å². The van der Waals surface area contributed by atoms with Crippen molar-refractivity contribution in [2.45, 2.75) is 37.2 Å². The number of ether oxygens (including phenoxy) is 1. The van der Waals surface area contributed by atoms with Crippen LogP contribution in [0.3, 0.4) is 0 Å². The van der Waals surface area contributed by atoms with Gasteiger partial charge in [-0.05, 0) is 32.9 Å². The quantitative estimate of drug-likeness (QED) is 0.608. The summed E-state index contributed by atoms with van der Waals surface area (Å²) in [6.45, 7) is 5.93. The summed E-state index contributed by atoms with van der Waals surface area (Å²) in [6, 6.07) is 8.33. The number of hydrogen-bond acceptors (Lipinski definition) is 3. The largest absolute Gasteiger partial charge is 0.338 e. The number of sulfone groups is 1. The molecule has 0 saturated carbocycles. The second-order valence-electron chi connectivity index (χ2n) is 5.30. The number of rotatable bonds is 2. The number of benzene rings is 1. The standard InChI is InChI=1S/C14H16O3S/c1-14(2,3)10-9-12-13(17-12)18(15,16)11-7-5-4-6-8-11/h4-8,12-13H,1-3H3/t12-,13-/m1/s1. The Morgan fingerprint density at radius 3 is 2.33 bits per heavy atom. The summed E-state index contributed by atoms with van der Waals surface area (Å²) in [5.41, 5.74) is -0.956. The minimum Gasteiger partial charge on any atom is -0.338 e. The molecular formula is C14H16O3S. The highest BCUT2D eigenvalue weighted by molar-refractivity contribution is 7.92. The van der Waals surface area contributed by atoms with Gasteiger partial charge in [0.1, 0.15) is 0 Å². The van der Waals surface area contributed by atoms with Crippen LogP contribution in [0.5, 0.6) is 0 Å². The Hall–Kier alpha value is -1.31. The molecule has 3 nitrogen and oxygen atoms in total. The average molecular weight is 264 g/mol. The van der Waals surface area contributed by atoms with Gasteiger partial charge >= 0.3 is 0 Å². The Balaban J connectivity index is 2.14. The second-order valence-corrected chi connectivity index (χ2v) is 7.33. The zero-order valence-electron chi connectivity index (χ0n) is 10.7. The molecule has 2 atom stereocenters. The Morgan fingerprint density at radius 2 is 1.78 bits per heavy atom. The molecule has 0 N–H and O–H groups in total. The molecule has 0 aromatic heterocycles. The Bertz CT molecular complexity index is 585. The summed E-state index contributed by atoms with van der Waals surface area (Å²) in [7, 11) is -3.41. The van der Waals surface area contributed by atoms with Gasteiger partial charge in [0, 0.05) is 5.41 Å². The van der Waals surface area contributed by atoms with Crippen LogP contribution < -0.4 is 0 Å². The van der Waals surface area contributed by atoms with E-state index >= 15 is 0 Å². The molecule has 1 aromatic carbocycles. The third-order valence-corrected chi connectivity index (χ3v) is 4.32. The van der Waals surface area contributed by atoms with Crippen LogP contribution in [0.15, 0.2) is 35.2 Å². The van der Waals surface area contributed by atoms with Gasteiger partial charge in [-0.25, -0.2) is 8.42 Å². The van der Waals surface area contributed by atoms with Gasteiger partial charge in [0.2, 0.25) is 15.3 Å². The van der Waals surface area contributed by atoms with Crippen molar-refractivity contribution in [1.82, 2.24) is 0 Å². The van der Waals surface area contributed by atoms with Gasteiger partial charge in [0.25, 0.3) is 0 Å². The van der Waals surface area contributed by atoms with E-state index in [-0.39, 0.29) is 10.3 Å². The number of epoxide rings is 1. The highest BCUT2D eigenvalue weighted by Crippen LogP contribution is 2.32. The lowest BCUT2D eigenvalue weighted by molar-refractivity contribution is 0.422. The van der Waals surface area contributed by atoms with E-state index in [9.17, 15) is 8.42 Å². The topological polar surface area (TPSA) is 46.7 Å². The molecule has 1 fully saturated rings. The SMILES string of the molecule is CC(C)(C)C#C[C@H]1O[C@@H]1S(=O)(=O)c1ccccc1. The van der Waals surface area contributed by atoms with Crippen LogP contribution in [0.25, 0.3) is 0 Å². The van der Waals surface area contributed by atoms with Gasteiger partial charge in [0.05, 0.1) is 4.90 Å². The maximum absolute atomic E-state index is 12.1. The van der Waals surface area contributed by atoms with E-state index in [1.807, 2.05) is 20.8 Å². The van der Waals surface area contributed by atoms with Crippen LogP contribution in [-0.4, -0.2) is 20.0 Å². The predicted molar refractivity (Wildman–Crippen MR) is 69.5 cm³/mol. The molecule has 1 heterocycles. The van der Waals surface area contributed by atoms with Gasteiger partial charge < -0.3 is 4.74 Å². The van der Waals surface area contributed by atoms with Crippen LogP contribution >= 0.6 is 0 Å². The molecule has 1 aromatic rings. The molecule has 1 saturated heterocycles. The molecule has 0 unspecified atom stereocenters. The monoisotopic (exact) mass is 264 g/mol. The zero-order chi connectivity index (χ0) is 13.4. The maximum atomic E-state index is 12.1. The lowest BCUT2D eigenvalue weighted by Gasteiger charge is -2.06. The van der Waals surface area contributed by atoms with Gasteiger partial charge in [-0.15, -0.1) is 0 Å². The lowest BCUT2D eigenvalue weighted by Crippen LogP contribution is -2.11. The van der Waals surface area contributed by atoms with Crippen molar-refractivity contribution in [1.29, 1.82) is 0 Å². The van der Waals surface area contributed by atoms with E-state index in [0.29, 0.717) is 0 Å². The van der Waals surface area contributed by atoms with Gasteiger partial charge in [-0.1, -0.05) is 30.0 Å². The molecule has 1 aliphatic heterocycles. The summed E-state index contributed by atoms with van der Waals surface area (Å²) < 4.78 is 29.4. The van der Waals surface area contributed by atoms with Crippen molar-refractivity contribution in [3.8, 4) is 11.8 Å². The van der Waals surface area contributed by atoms with Crippen molar-refractivity contribution in [3.05, 3.63) is 30.3 Å². The Labute approximate surface area is 108 Å². The molecule has 0 aliphatic carbocycles. The average Bonchev–Trinajstić information content (AvgIpc) is 3.07. The van der Waals surface area contributed by atoms with Crippen LogP contribution in [-0.2, 0) is 14.6 Å². The second kappa shape index (κ2) is 4.42. The molecule has 0 spiro atoms. The minimum absolute atomic E-state index is 0.146. The molecule has 2 rings (SSSR count). The minimum atomic E-state index is -3.41. The molecular weight excluding hydrogens is 248 g/mol. The van der Waals surface area contributed by atoms with Crippen molar-refractivity contribution >= 4 is 9.84 Å². The third-order valence-electron chi connectivity index (χ3n) is 2.42. The smallest absolute Gasteiger partial charge is 0.208 e. The normalized spacial score (nSPS) is 23.1. The van der Waals surface area contributed by atoms with E-state index in [1.165, 1.54) is 0 Å². The predicted octanol–water partition coefficient (Wildman–Crippen LogP) is 2.23. The molecule has 0 amide bonds. The fourth-order valence-corrected chi connectivity index (χ4v) is 2.93. The van der Waals surface area contributed by atoms with Crippen LogP contribution in [0.2, 0.25) is 0 Å². The lowest BCUT2D eigenvalue weighted by atomic mass is 9.98.